The van der Waals surface area contributed by atoms with Gasteiger partial charge in [0.1, 0.15) is 5.75 Å². The van der Waals surface area contributed by atoms with Crippen LogP contribution in [0.15, 0.2) is 54.6 Å². The van der Waals surface area contributed by atoms with E-state index in [0.29, 0.717) is 5.56 Å². The van der Waals surface area contributed by atoms with Gasteiger partial charge in [-0.1, -0.05) is 36.4 Å². The monoisotopic (exact) mass is 257 g/mol. The number of benzene rings is 2. The molecule has 19 heavy (non-hydrogen) atoms. The molecule has 2 aromatic rings. The molecule has 0 saturated heterocycles. The minimum Gasteiger partial charge on any atom is -0.508 e. The van der Waals surface area contributed by atoms with E-state index in [2.05, 4.69) is 5.32 Å². The van der Waals surface area contributed by atoms with E-state index in [1.807, 2.05) is 30.3 Å². The van der Waals surface area contributed by atoms with Gasteiger partial charge >= 0.3 is 0 Å². The molecule has 0 heterocycles. The summed E-state index contributed by atoms with van der Waals surface area (Å²) in [6.45, 7) is -0.186. The summed E-state index contributed by atoms with van der Waals surface area (Å²) in [5, 5.41) is 21.4. The number of carbonyl (C=O) groups excluding carboxylic acids is 1. The summed E-state index contributed by atoms with van der Waals surface area (Å²) in [5.74, 6) is -0.299. The number of aliphatic hydroxyl groups excluding tert-OH is 1. The molecule has 0 aliphatic heterocycles. The lowest BCUT2D eigenvalue weighted by Gasteiger charge is -2.16. The number of phenolic OH excluding ortho intramolecular Hbond substituents is 1. The highest BCUT2D eigenvalue weighted by Gasteiger charge is 2.14. The lowest BCUT2D eigenvalue weighted by atomic mass is 10.1. The van der Waals surface area contributed by atoms with Crippen LogP contribution in [0.5, 0.6) is 5.75 Å². The smallest absolute Gasteiger partial charge is 0.251 e. The summed E-state index contributed by atoms with van der Waals surface area (Å²) in [6.07, 6.45) is 0. The molecule has 0 aliphatic carbocycles. The average molecular weight is 257 g/mol. The normalized spacial score (nSPS) is 11.8. The fraction of sp³-hybridized carbons (Fsp3) is 0.133. The highest BCUT2D eigenvalue weighted by Crippen LogP contribution is 2.15. The van der Waals surface area contributed by atoms with Gasteiger partial charge in [0.05, 0.1) is 12.6 Å². The Labute approximate surface area is 111 Å². The van der Waals surface area contributed by atoms with Crippen LogP contribution in [0.1, 0.15) is 22.0 Å². The standard InChI is InChI=1S/C15H15NO3/c17-10-14(11-5-2-1-3-6-11)16-15(19)12-7-4-8-13(18)9-12/h1-9,14,17-18H,10H2,(H,16,19)/t14-/m0/s1. The molecule has 4 heteroatoms. The van der Waals surface area contributed by atoms with E-state index in [9.17, 15) is 15.0 Å². The Morgan fingerprint density at radius 2 is 1.84 bits per heavy atom. The summed E-state index contributed by atoms with van der Waals surface area (Å²) in [5.41, 5.74) is 1.19. The maximum atomic E-state index is 12.0. The van der Waals surface area contributed by atoms with E-state index in [1.54, 1.807) is 12.1 Å². The molecule has 0 fully saturated rings. The Morgan fingerprint density at radius 3 is 2.47 bits per heavy atom. The van der Waals surface area contributed by atoms with Gasteiger partial charge in [0.15, 0.2) is 0 Å². The molecule has 1 atom stereocenters. The molecule has 0 radical (unpaired) electrons. The lowest BCUT2D eigenvalue weighted by molar-refractivity contribution is 0.0916. The van der Waals surface area contributed by atoms with Crippen LogP contribution < -0.4 is 5.32 Å². The Balaban J connectivity index is 2.13. The van der Waals surface area contributed by atoms with Gasteiger partial charge in [0.2, 0.25) is 0 Å². The minimum atomic E-state index is -0.462. The van der Waals surface area contributed by atoms with Crippen molar-refractivity contribution in [2.45, 2.75) is 6.04 Å². The molecular weight excluding hydrogens is 242 g/mol. The number of rotatable bonds is 4. The number of hydrogen-bond donors (Lipinski definition) is 3. The zero-order valence-corrected chi connectivity index (χ0v) is 10.3. The Kier molecular flexibility index (Phi) is 4.15. The molecular formula is C15H15NO3. The third-order valence-corrected chi connectivity index (χ3v) is 2.80. The second kappa shape index (κ2) is 6.02. The van der Waals surface area contributed by atoms with E-state index >= 15 is 0 Å². The van der Waals surface area contributed by atoms with Crippen LogP contribution in [0.25, 0.3) is 0 Å². The van der Waals surface area contributed by atoms with Crippen LogP contribution in [0, 0.1) is 0 Å². The zero-order chi connectivity index (χ0) is 13.7. The number of aromatic hydroxyl groups is 1. The van der Waals surface area contributed by atoms with E-state index in [4.69, 9.17) is 0 Å². The van der Waals surface area contributed by atoms with Crippen molar-refractivity contribution in [2.24, 2.45) is 0 Å². The Hall–Kier alpha value is -2.33. The van der Waals surface area contributed by atoms with Crippen LogP contribution in [0.2, 0.25) is 0 Å². The van der Waals surface area contributed by atoms with Gasteiger partial charge in [-0.05, 0) is 23.8 Å². The first kappa shape index (κ1) is 13.1. The van der Waals surface area contributed by atoms with Crippen molar-refractivity contribution >= 4 is 5.91 Å². The number of phenols is 1. The molecule has 2 aromatic carbocycles. The van der Waals surface area contributed by atoms with Crippen molar-refractivity contribution in [3.63, 3.8) is 0 Å². The van der Waals surface area contributed by atoms with Crippen LogP contribution in [-0.4, -0.2) is 22.7 Å². The summed E-state index contributed by atoms with van der Waals surface area (Å²) >= 11 is 0. The van der Waals surface area contributed by atoms with Crippen molar-refractivity contribution < 1.29 is 15.0 Å². The highest BCUT2D eigenvalue weighted by atomic mass is 16.3. The predicted octanol–water partition coefficient (Wildman–Crippen LogP) is 1.86. The van der Waals surface area contributed by atoms with E-state index in [0.717, 1.165) is 5.56 Å². The number of carbonyl (C=O) groups is 1. The van der Waals surface area contributed by atoms with E-state index in [-0.39, 0.29) is 18.3 Å². The summed E-state index contributed by atoms with van der Waals surface area (Å²) in [7, 11) is 0. The van der Waals surface area contributed by atoms with Crippen LogP contribution >= 0.6 is 0 Å². The van der Waals surface area contributed by atoms with Gasteiger partial charge in [-0.15, -0.1) is 0 Å². The highest BCUT2D eigenvalue weighted by molar-refractivity contribution is 5.94. The molecule has 3 N–H and O–H groups in total. The lowest BCUT2D eigenvalue weighted by Crippen LogP contribution is -2.30. The van der Waals surface area contributed by atoms with Crippen LogP contribution in [-0.2, 0) is 0 Å². The summed E-state index contributed by atoms with van der Waals surface area (Å²) < 4.78 is 0. The number of amides is 1. The molecule has 0 spiro atoms. The molecule has 4 nitrogen and oxygen atoms in total. The van der Waals surface area contributed by atoms with E-state index < -0.39 is 6.04 Å². The maximum absolute atomic E-state index is 12.0. The molecule has 0 bridgehead atoms. The van der Waals surface area contributed by atoms with Gasteiger partial charge in [0, 0.05) is 5.56 Å². The fourth-order valence-electron chi connectivity index (χ4n) is 1.81. The third-order valence-electron chi connectivity index (χ3n) is 2.80. The second-order valence-electron chi connectivity index (χ2n) is 4.17. The van der Waals surface area contributed by atoms with Gasteiger partial charge in [-0.25, -0.2) is 0 Å². The van der Waals surface area contributed by atoms with Gasteiger partial charge < -0.3 is 15.5 Å². The average Bonchev–Trinajstić information content (AvgIpc) is 2.45. The van der Waals surface area contributed by atoms with Crippen LogP contribution in [0.3, 0.4) is 0 Å². The van der Waals surface area contributed by atoms with Crippen molar-refractivity contribution in [1.29, 1.82) is 0 Å². The van der Waals surface area contributed by atoms with E-state index in [1.165, 1.54) is 12.1 Å². The predicted molar refractivity (Wildman–Crippen MR) is 71.8 cm³/mol. The zero-order valence-electron chi connectivity index (χ0n) is 10.3. The summed E-state index contributed by atoms with van der Waals surface area (Å²) in [6, 6.07) is 14.9. The van der Waals surface area contributed by atoms with Gasteiger partial charge in [-0.2, -0.15) is 0 Å². The minimum absolute atomic E-state index is 0.0351. The first-order valence-corrected chi connectivity index (χ1v) is 5.96. The molecule has 0 unspecified atom stereocenters. The number of hydrogen-bond acceptors (Lipinski definition) is 3. The van der Waals surface area contributed by atoms with Crippen LogP contribution in [0.4, 0.5) is 0 Å². The second-order valence-corrected chi connectivity index (χ2v) is 4.17. The third kappa shape index (κ3) is 3.33. The molecule has 2 rings (SSSR count). The molecule has 98 valence electrons. The fourth-order valence-corrected chi connectivity index (χ4v) is 1.81. The van der Waals surface area contributed by atoms with Gasteiger partial charge in [0.25, 0.3) is 5.91 Å². The van der Waals surface area contributed by atoms with Crippen molar-refractivity contribution in [3.05, 3.63) is 65.7 Å². The van der Waals surface area contributed by atoms with Crippen molar-refractivity contribution in [2.75, 3.05) is 6.61 Å². The Bertz CT molecular complexity index is 554. The van der Waals surface area contributed by atoms with Gasteiger partial charge in [-0.3, -0.25) is 4.79 Å². The Morgan fingerprint density at radius 1 is 1.11 bits per heavy atom. The first-order chi connectivity index (χ1) is 9.20. The molecule has 0 aliphatic rings. The molecule has 0 aromatic heterocycles. The van der Waals surface area contributed by atoms with Crippen molar-refractivity contribution in [3.8, 4) is 5.75 Å². The SMILES string of the molecule is O=C(N[C@@H](CO)c1ccccc1)c1cccc(O)c1. The largest absolute Gasteiger partial charge is 0.508 e. The summed E-state index contributed by atoms with van der Waals surface area (Å²) in [4.78, 5) is 12.0. The number of nitrogens with one attached hydrogen (secondary N) is 1. The van der Waals surface area contributed by atoms with Crippen molar-refractivity contribution in [1.82, 2.24) is 5.32 Å². The topological polar surface area (TPSA) is 69.6 Å². The molecule has 0 saturated carbocycles. The maximum Gasteiger partial charge on any atom is 0.251 e. The molecule has 1 amide bonds. The number of aliphatic hydroxyl groups is 1. The quantitative estimate of drug-likeness (QED) is 0.783. The first-order valence-electron chi connectivity index (χ1n) is 5.96.